The Hall–Kier alpha value is -3.75. The average Bonchev–Trinajstić information content (AvgIpc) is 2.82. The van der Waals surface area contributed by atoms with Gasteiger partial charge in [-0.1, -0.05) is 12.1 Å². The van der Waals surface area contributed by atoms with E-state index in [1.165, 1.54) is 12.1 Å². The number of phenolic OH excluding ortho intramolecular Hbond substituents is 1. The van der Waals surface area contributed by atoms with Gasteiger partial charge in [0.15, 0.2) is 0 Å². The number of carboxylic acid groups (broad SMARTS) is 2. The molecule has 0 aliphatic heterocycles. The minimum Gasteiger partial charge on any atom is -0.508 e. The first-order valence-electron chi connectivity index (χ1n) is 11.2. The Morgan fingerprint density at radius 3 is 1.92 bits per heavy atom. The lowest BCUT2D eigenvalue weighted by Gasteiger charge is -2.24. The fourth-order valence-corrected chi connectivity index (χ4v) is 3.13. The highest BCUT2D eigenvalue weighted by atomic mass is 16.4. The van der Waals surface area contributed by atoms with Gasteiger partial charge in [0.25, 0.3) is 0 Å². The molecule has 0 saturated carbocycles. The number of aliphatic carboxylic acids is 2. The van der Waals surface area contributed by atoms with E-state index in [2.05, 4.69) is 10.6 Å². The van der Waals surface area contributed by atoms with Gasteiger partial charge < -0.3 is 47.8 Å². The van der Waals surface area contributed by atoms with Crippen LogP contribution in [0, 0.1) is 0 Å². The van der Waals surface area contributed by atoms with Gasteiger partial charge in [-0.05, 0) is 49.9 Å². The normalized spacial score (nSPS) is 14.1. The van der Waals surface area contributed by atoms with Crippen LogP contribution < -0.4 is 27.4 Å². The first kappa shape index (κ1) is 30.3. The van der Waals surface area contributed by atoms with E-state index >= 15 is 0 Å². The summed E-state index contributed by atoms with van der Waals surface area (Å²) in [7, 11) is 0. The Morgan fingerprint density at radius 2 is 1.39 bits per heavy atom. The lowest BCUT2D eigenvalue weighted by Crippen LogP contribution is -2.58. The van der Waals surface area contributed by atoms with Gasteiger partial charge in [0, 0.05) is 0 Å². The Balaban J connectivity index is 2.87. The number of rotatable bonds is 16. The lowest BCUT2D eigenvalue weighted by molar-refractivity contribution is -0.147. The maximum Gasteiger partial charge on any atom is 0.326 e. The van der Waals surface area contributed by atoms with E-state index in [4.69, 9.17) is 21.7 Å². The van der Waals surface area contributed by atoms with Crippen LogP contribution in [0.5, 0.6) is 5.75 Å². The molecule has 0 saturated heterocycles. The van der Waals surface area contributed by atoms with Gasteiger partial charge in [0.05, 0.1) is 19.1 Å². The molecule has 0 radical (unpaired) electrons. The van der Waals surface area contributed by atoms with Crippen LogP contribution in [0.4, 0.5) is 0 Å². The van der Waals surface area contributed by atoms with Crippen molar-refractivity contribution in [3.8, 4) is 5.75 Å². The third kappa shape index (κ3) is 10.7. The maximum absolute atomic E-state index is 12.8. The zero-order valence-corrected chi connectivity index (χ0v) is 19.6. The van der Waals surface area contributed by atoms with Gasteiger partial charge in [0.1, 0.15) is 23.9 Å². The van der Waals surface area contributed by atoms with Crippen molar-refractivity contribution in [2.24, 2.45) is 11.5 Å². The van der Waals surface area contributed by atoms with Crippen LogP contribution in [0.3, 0.4) is 0 Å². The topological polar surface area (TPSA) is 254 Å². The van der Waals surface area contributed by atoms with Gasteiger partial charge in [-0.25, -0.2) is 4.79 Å². The maximum atomic E-state index is 12.8. The number of carboxylic acids is 2. The van der Waals surface area contributed by atoms with Gasteiger partial charge >= 0.3 is 11.9 Å². The molecule has 3 amide bonds. The predicted octanol–water partition coefficient (Wildman–Crippen LogP) is -2.60. The van der Waals surface area contributed by atoms with E-state index in [9.17, 15) is 34.2 Å². The number of aromatic hydroxyl groups is 1. The molecule has 1 rings (SSSR count). The van der Waals surface area contributed by atoms with Crippen LogP contribution in [-0.2, 0) is 30.4 Å². The average molecular weight is 512 g/mol. The number of nitrogens with one attached hydrogen (secondary N) is 3. The molecule has 4 atom stereocenters. The van der Waals surface area contributed by atoms with Crippen molar-refractivity contribution >= 4 is 29.7 Å². The number of amides is 3. The smallest absolute Gasteiger partial charge is 0.326 e. The third-order valence-electron chi connectivity index (χ3n) is 5.12. The number of carbonyl (C=O) groups is 5. The predicted molar refractivity (Wildman–Crippen MR) is 125 cm³/mol. The van der Waals surface area contributed by atoms with Crippen molar-refractivity contribution in [3.63, 3.8) is 0 Å². The molecule has 0 aliphatic carbocycles. The lowest BCUT2D eigenvalue weighted by atomic mass is 10.0. The second kappa shape index (κ2) is 15.3. The van der Waals surface area contributed by atoms with Crippen LogP contribution in [0.1, 0.15) is 31.2 Å². The van der Waals surface area contributed by atoms with Crippen molar-refractivity contribution in [1.82, 2.24) is 16.0 Å². The zero-order chi connectivity index (χ0) is 27.3. The molecule has 14 nitrogen and oxygen atoms in total. The van der Waals surface area contributed by atoms with Gasteiger partial charge in [-0.3, -0.25) is 19.2 Å². The minimum absolute atomic E-state index is 0.0496. The molecule has 4 unspecified atom stereocenters. The summed E-state index contributed by atoms with van der Waals surface area (Å²) in [6, 6.07) is 0.490. The van der Waals surface area contributed by atoms with E-state index in [-0.39, 0.29) is 18.6 Å². The Bertz CT molecular complexity index is 910. The number of carbonyl (C=O) groups excluding carboxylic acids is 3. The second-order valence-electron chi connectivity index (χ2n) is 8.06. The van der Waals surface area contributed by atoms with Gasteiger partial charge in [-0.2, -0.15) is 0 Å². The van der Waals surface area contributed by atoms with Crippen LogP contribution >= 0.6 is 0 Å². The fourth-order valence-electron chi connectivity index (χ4n) is 3.13. The summed E-state index contributed by atoms with van der Waals surface area (Å²) in [4.78, 5) is 59.8. The Labute approximate surface area is 207 Å². The molecule has 1 aromatic carbocycles. The summed E-state index contributed by atoms with van der Waals surface area (Å²) >= 11 is 0. The molecular formula is C22H33N5O9. The SMILES string of the molecule is NCCCCC(NC(=O)C(N)Cc1ccc(O)cc1)C(=O)NC(CO)C(=O)NC(CC(=O)O)C(=O)O. The van der Waals surface area contributed by atoms with Crippen LogP contribution in [0.2, 0.25) is 0 Å². The number of benzene rings is 1. The molecular weight excluding hydrogens is 478 g/mol. The number of aliphatic hydroxyl groups is 1. The summed E-state index contributed by atoms with van der Waals surface area (Å²) in [5.41, 5.74) is 12.1. The summed E-state index contributed by atoms with van der Waals surface area (Å²) in [5.74, 6) is -5.64. The summed E-state index contributed by atoms with van der Waals surface area (Å²) in [6.45, 7) is -0.578. The molecule has 0 heterocycles. The number of hydrogen-bond acceptors (Lipinski definition) is 9. The monoisotopic (exact) mass is 511 g/mol. The zero-order valence-electron chi connectivity index (χ0n) is 19.6. The van der Waals surface area contributed by atoms with E-state index in [0.29, 0.717) is 24.9 Å². The van der Waals surface area contributed by atoms with Crippen molar-refractivity contribution in [1.29, 1.82) is 0 Å². The van der Waals surface area contributed by atoms with E-state index in [1.807, 2.05) is 5.32 Å². The molecule has 14 heteroatoms. The second-order valence-corrected chi connectivity index (χ2v) is 8.06. The van der Waals surface area contributed by atoms with Crippen molar-refractivity contribution in [3.05, 3.63) is 29.8 Å². The summed E-state index contributed by atoms with van der Waals surface area (Å²) in [6.07, 6.45) is 0.322. The molecule has 11 N–H and O–H groups in total. The van der Waals surface area contributed by atoms with Crippen molar-refractivity contribution in [2.45, 2.75) is 56.3 Å². The highest BCUT2D eigenvalue weighted by Gasteiger charge is 2.30. The number of nitrogens with two attached hydrogens (primary N) is 2. The largest absolute Gasteiger partial charge is 0.508 e. The van der Waals surface area contributed by atoms with E-state index in [0.717, 1.165) is 0 Å². The highest BCUT2D eigenvalue weighted by molar-refractivity contribution is 5.94. The Morgan fingerprint density at radius 1 is 0.833 bits per heavy atom. The number of unbranched alkanes of at least 4 members (excludes halogenated alkanes) is 1. The number of aliphatic hydroxyl groups excluding tert-OH is 1. The Kier molecular flexibility index (Phi) is 12.9. The molecule has 36 heavy (non-hydrogen) atoms. The van der Waals surface area contributed by atoms with Gasteiger partial charge in [-0.15, -0.1) is 0 Å². The van der Waals surface area contributed by atoms with Crippen LogP contribution in [0.25, 0.3) is 0 Å². The highest BCUT2D eigenvalue weighted by Crippen LogP contribution is 2.11. The molecule has 0 spiro atoms. The van der Waals surface area contributed by atoms with E-state index in [1.54, 1.807) is 12.1 Å². The van der Waals surface area contributed by atoms with Crippen LogP contribution in [0.15, 0.2) is 24.3 Å². The molecule has 0 fully saturated rings. The molecule has 0 bridgehead atoms. The van der Waals surface area contributed by atoms with Crippen molar-refractivity contribution in [2.75, 3.05) is 13.2 Å². The number of phenols is 1. The molecule has 200 valence electrons. The van der Waals surface area contributed by atoms with Crippen LogP contribution in [-0.4, -0.2) is 87.4 Å². The quantitative estimate of drug-likeness (QED) is 0.104. The summed E-state index contributed by atoms with van der Waals surface area (Å²) < 4.78 is 0. The molecule has 0 aromatic heterocycles. The number of hydrogen-bond donors (Lipinski definition) is 9. The van der Waals surface area contributed by atoms with Crippen molar-refractivity contribution < 1.29 is 44.4 Å². The first-order valence-corrected chi connectivity index (χ1v) is 11.2. The first-order chi connectivity index (χ1) is 17.0. The van der Waals surface area contributed by atoms with Gasteiger partial charge in [0.2, 0.25) is 17.7 Å². The summed E-state index contributed by atoms with van der Waals surface area (Å²) in [5, 5.41) is 43.5. The molecule has 1 aromatic rings. The third-order valence-corrected chi connectivity index (χ3v) is 5.12. The molecule has 0 aliphatic rings. The standard InChI is InChI=1S/C22H33N5O9/c23-8-2-1-3-15(25-19(32)14(24)9-12-4-6-13(29)7-5-12)20(33)27-17(11-28)21(34)26-16(22(35)36)10-18(30)31/h4-7,14-17,28-29H,1-3,8-11,23-24H2,(H,25,32)(H,26,34)(H,27,33)(H,30,31)(H,35,36). The fraction of sp³-hybridized carbons (Fsp3) is 0.500. The minimum atomic E-state index is -1.78. The van der Waals surface area contributed by atoms with E-state index < -0.39 is 66.9 Å².